The van der Waals surface area contributed by atoms with Crippen molar-refractivity contribution in [3.8, 4) is 0 Å². The van der Waals surface area contributed by atoms with Crippen LogP contribution in [0.2, 0.25) is 0 Å². The van der Waals surface area contributed by atoms with E-state index < -0.39 is 10.2 Å². The first-order valence-corrected chi connectivity index (χ1v) is 9.45. The van der Waals surface area contributed by atoms with E-state index in [0.29, 0.717) is 6.54 Å². The van der Waals surface area contributed by atoms with E-state index >= 15 is 0 Å². The molecule has 0 saturated carbocycles. The molecule has 3 rings (SSSR count). The molecule has 0 atom stereocenters. The minimum Gasteiger partial charge on any atom is -0.371 e. The predicted molar refractivity (Wildman–Crippen MR) is 95.2 cm³/mol. The van der Waals surface area contributed by atoms with Gasteiger partial charge in [-0.15, -0.1) is 0 Å². The number of nitrogens with zero attached hydrogens (tertiary/aromatic N) is 1. The Balaban J connectivity index is 1.79. The summed E-state index contributed by atoms with van der Waals surface area (Å²) in [5.74, 6) is 0. The zero-order valence-corrected chi connectivity index (χ0v) is 14.4. The number of pyridine rings is 1. The molecule has 1 aliphatic heterocycles. The molecule has 130 valence electrons. The fourth-order valence-electron chi connectivity index (χ4n) is 3.19. The van der Waals surface area contributed by atoms with E-state index in [4.69, 9.17) is 5.14 Å². The number of piperidine rings is 1. The number of nitrogens with two attached hydrogens (primary N) is 1. The third-order valence-electron chi connectivity index (χ3n) is 4.74. The van der Waals surface area contributed by atoms with Gasteiger partial charge in [0.2, 0.25) is 5.56 Å². The molecule has 1 aliphatic rings. The second-order valence-corrected chi connectivity index (χ2v) is 8.11. The van der Waals surface area contributed by atoms with Crippen LogP contribution in [-0.2, 0) is 10.2 Å². The van der Waals surface area contributed by atoms with Crippen molar-refractivity contribution in [2.45, 2.75) is 19.8 Å². The number of benzene rings is 1. The van der Waals surface area contributed by atoms with Crippen LogP contribution in [-0.4, -0.2) is 33.0 Å². The van der Waals surface area contributed by atoms with E-state index in [2.05, 4.69) is 21.5 Å². The Morgan fingerprint density at radius 3 is 2.62 bits per heavy atom. The Labute approximate surface area is 141 Å². The van der Waals surface area contributed by atoms with E-state index in [1.165, 1.54) is 0 Å². The number of hydrogen-bond acceptors (Lipinski definition) is 4. The van der Waals surface area contributed by atoms with E-state index in [9.17, 15) is 13.2 Å². The average Bonchev–Trinajstić information content (AvgIpc) is 2.52. The maximum Gasteiger partial charge on any atom is 0.274 e. The summed E-state index contributed by atoms with van der Waals surface area (Å²) >= 11 is 0. The lowest BCUT2D eigenvalue weighted by molar-refractivity contribution is 0.250. The van der Waals surface area contributed by atoms with Gasteiger partial charge >= 0.3 is 0 Å². The van der Waals surface area contributed by atoms with Gasteiger partial charge in [0.05, 0.1) is 11.2 Å². The molecule has 1 saturated heterocycles. The lowest BCUT2D eigenvalue weighted by Gasteiger charge is -2.40. The molecule has 0 amide bonds. The van der Waals surface area contributed by atoms with Crippen molar-refractivity contribution in [3.05, 3.63) is 40.7 Å². The molecule has 4 N–H and O–H groups in total. The fourth-order valence-corrected chi connectivity index (χ4v) is 3.74. The van der Waals surface area contributed by atoms with E-state index in [1.807, 2.05) is 24.3 Å². The topological polar surface area (TPSA) is 108 Å². The Morgan fingerprint density at radius 2 is 1.96 bits per heavy atom. The quantitative estimate of drug-likeness (QED) is 0.762. The van der Waals surface area contributed by atoms with Crippen LogP contribution < -0.4 is 20.3 Å². The molecule has 1 aromatic carbocycles. The van der Waals surface area contributed by atoms with Crippen molar-refractivity contribution in [3.63, 3.8) is 0 Å². The summed E-state index contributed by atoms with van der Waals surface area (Å²) in [6, 6.07) is 9.37. The molecular weight excluding hydrogens is 328 g/mol. The van der Waals surface area contributed by atoms with Crippen LogP contribution >= 0.6 is 0 Å². The number of hydrogen-bond donors (Lipinski definition) is 3. The summed E-state index contributed by atoms with van der Waals surface area (Å²) in [5, 5.41) is 6.04. The number of anilines is 1. The molecule has 0 spiro atoms. The van der Waals surface area contributed by atoms with Gasteiger partial charge in [0.1, 0.15) is 0 Å². The fraction of sp³-hybridized carbons (Fsp3) is 0.438. The lowest BCUT2D eigenvalue weighted by atomic mass is 9.80. The highest BCUT2D eigenvalue weighted by molar-refractivity contribution is 7.87. The van der Waals surface area contributed by atoms with Gasteiger partial charge in [-0.05, 0) is 24.3 Å². The first-order valence-electron chi connectivity index (χ1n) is 7.90. The first-order chi connectivity index (χ1) is 11.3. The molecule has 2 heterocycles. The molecule has 2 aromatic rings. The molecule has 1 aromatic heterocycles. The highest BCUT2D eigenvalue weighted by Crippen LogP contribution is 2.34. The van der Waals surface area contributed by atoms with Crippen molar-refractivity contribution >= 4 is 26.8 Å². The average molecular weight is 350 g/mol. The Hall–Kier alpha value is -1.90. The zero-order valence-electron chi connectivity index (χ0n) is 13.6. The largest absolute Gasteiger partial charge is 0.371 e. The van der Waals surface area contributed by atoms with Crippen LogP contribution in [0.5, 0.6) is 0 Å². The summed E-state index contributed by atoms with van der Waals surface area (Å²) < 4.78 is 24.6. The summed E-state index contributed by atoms with van der Waals surface area (Å²) in [6.07, 6.45) is 1.63. The van der Waals surface area contributed by atoms with Crippen molar-refractivity contribution in [1.29, 1.82) is 0 Å². The molecular formula is C16H22N4O3S. The maximum absolute atomic E-state index is 11.9. The number of fused-ring (bicyclic) bond motifs is 1. The van der Waals surface area contributed by atoms with Crippen LogP contribution in [0.1, 0.15) is 19.8 Å². The molecule has 0 aliphatic carbocycles. The van der Waals surface area contributed by atoms with Gasteiger partial charge in [-0.3, -0.25) is 4.79 Å². The zero-order chi connectivity index (χ0) is 17.4. The van der Waals surface area contributed by atoms with Crippen LogP contribution in [0.4, 0.5) is 5.69 Å². The number of nitrogens with one attached hydrogen (secondary N) is 2. The number of aromatic nitrogens is 1. The van der Waals surface area contributed by atoms with E-state index in [-0.39, 0.29) is 11.0 Å². The SMILES string of the molecule is CC1(CNS(N)(=O)=O)CCN(c2cc(=O)[nH]c3ccccc23)CC1. The van der Waals surface area contributed by atoms with Crippen molar-refractivity contribution in [2.24, 2.45) is 10.6 Å². The molecule has 24 heavy (non-hydrogen) atoms. The molecule has 8 heteroatoms. The Morgan fingerprint density at radius 1 is 1.29 bits per heavy atom. The molecule has 1 fully saturated rings. The lowest BCUT2D eigenvalue weighted by Crippen LogP contribution is -2.46. The number of rotatable bonds is 4. The molecule has 0 unspecified atom stereocenters. The number of H-pyrrole nitrogens is 1. The van der Waals surface area contributed by atoms with Crippen molar-refractivity contribution < 1.29 is 8.42 Å². The standard InChI is InChI=1S/C16H22N4O3S/c1-16(11-18-24(17,22)23)6-8-20(9-7-16)14-10-15(21)19-13-5-3-2-4-12(13)14/h2-5,10,18H,6-9,11H2,1H3,(H,19,21)(H2,17,22,23). The van der Waals surface area contributed by atoms with Crippen LogP contribution in [0, 0.1) is 5.41 Å². The van der Waals surface area contributed by atoms with Crippen molar-refractivity contribution in [2.75, 3.05) is 24.5 Å². The van der Waals surface area contributed by atoms with Gasteiger partial charge in [-0.2, -0.15) is 8.42 Å². The van der Waals surface area contributed by atoms with Crippen molar-refractivity contribution in [1.82, 2.24) is 9.71 Å². The molecule has 7 nitrogen and oxygen atoms in total. The van der Waals surface area contributed by atoms with Crippen LogP contribution in [0.25, 0.3) is 10.9 Å². The second-order valence-electron chi connectivity index (χ2n) is 6.73. The number of aromatic amines is 1. The monoisotopic (exact) mass is 350 g/mol. The predicted octanol–water partition coefficient (Wildman–Crippen LogP) is 0.928. The van der Waals surface area contributed by atoms with Gasteiger partial charge in [0, 0.05) is 31.1 Å². The third kappa shape index (κ3) is 3.77. The smallest absolute Gasteiger partial charge is 0.274 e. The van der Waals surface area contributed by atoms with Gasteiger partial charge in [-0.1, -0.05) is 25.1 Å². The normalized spacial score (nSPS) is 18.0. The van der Waals surface area contributed by atoms with E-state index in [1.54, 1.807) is 6.07 Å². The van der Waals surface area contributed by atoms with Crippen LogP contribution in [0.3, 0.4) is 0 Å². The van der Waals surface area contributed by atoms with Gasteiger partial charge in [0.25, 0.3) is 10.2 Å². The highest BCUT2D eigenvalue weighted by Gasteiger charge is 2.31. The Bertz CT molecular complexity index is 899. The minimum atomic E-state index is -3.67. The summed E-state index contributed by atoms with van der Waals surface area (Å²) in [4.78, 5) is 17.0. The van der Waals surface area contributed by atoms with Gasteiger partial charge in [-0.25, -0.2) is 9.86 Å². The van der Waals surface area contributed by atoms with Gasteiger partial charge in [0.15, 0.2) is 0 Å². The maximum atomic E-state index is 11.9. The van der Waals surface area contributed by atoms with Gasteiger partial charge < -0.3 is 9.88 Å². The van der Waals surface area contributed by atoms with E-state index in [0.717, 1.165) is 42.5 Å². The Kier molecular flexibility index (Phi) is 4.37. The first kappa shape index (κ1) is 16.9. The summed E-state index contributed by atoms with van der Waals surface area (Å²) in [5.41, 5.74) is 1.49. The highest BCUT2D eigenvalue weighted by atomic mass is 32.2. The van der Waals surface area contributed by atoms with Crippen LogP contribution in [0.15, 0.2) is 35.1 Å². The molecule has 0 bridgehead atoms. The number of para-hydroxylation sites is 1. The summed E-state index contributed by atoms with van der Waals surface area (Å²) in [7, 11) is -3.67. The minimum absolute atomic E-state index is 0.118. The molecule has 0 radical (unpaired) electrons. The second kappa shape index (κ2) is 6.19. The summed E-state index contributed by atoms with van der Waals surface area (Å²) in [6.45, 7) is 3.90. The third-order valence-corrected chi connectivity index (χ3v) is 5.29.